The van der Waals surface area contributed by atoms with E-state index in [1.54, 1.807) is 0 Å². The zero-order chi connectivity index (χ0) is 13.4. The summed E-state index contributed by atoms with van der Waals surface area (Å²) in [5, 5.41) is 0. The van der Waals surface area contributed by atoms with Crippen molar-refractivity contribution in [3.63, 3.8) is 0 Å². The van der Waals surface area contributed by atoms with Crippen molar-refractivity contribution in [2.75, 3.05) is 32.8 Å². The van der Waals surface area contributed by atoms with Gasteiger partial charge in [-0.05, 0) is 38.6 Å². The minimum Gasteiger partial charge on any atom is -0.381 e. The number of hydrogen-bond donors (Lipinski definition) is 1. The molecule has 1 amide bonds. The van der Waals surface area contributed by atoms with Crippen LogP contribution in [-0.2, 0) is 9.53 Å². The lowest BCUT2D eigenvalue weighted by Gasteiger charge is -2.24. The molecule has 0 aromatic heterocycles. The van der Waals surface area contributed by atoms with Crippen LogP contribution in [0.3, 0.4) is 0 Å². The second-order valence-electron chi connectivity index (χ2n) is 5.38. The lowest BCUT2D eigenvalue weighted by atomic mass is 10.0. The first kappa shape index (κ1) is 15.4. The van der Waals surface area contributed by atoms with Crippen LogP contribution in [0.5, 0.6) is 0 Å². The SMILES string of the molecule is CCN(CC1CCOC1)C(=O)CCC(C)CCN. The van der Waals surface area contributed by atoms with Crippen LogP contribution in [0.4, 0.5) is 0 Å². The van der Waals surface area contributed by atoms with Crippen LogP contribution in [0.25, 0.3) is 0 Å². The number of nitrogens with zero attached hydrogens (tertiary/aromatic N) is 1. The van der Waals surface area contributed by atoms with Gasteiger partial charge in [0.05, 0.1) is 6.61 Å². The summed E-state index contributed by atoms with van der Waals surface area (Å²) in [5.41, 5.74) is 5.52. The first-order valence-electron chi connectivity index (χ1n) is 7.23. The third kappa shape index (κ3) is 5.36. The first-order chi connectivity index (χ1) is 8.67. The van der Waals surface area contributed by atoms with Gasteiger partial charge in [0.2, 0.25) is 5.91 Å². The van der Waals surface area contributed by atoms with E-state index >= 15 is 0 Å². The molecule has 4 nitrogen and oxygen atoms in total. The molecule has 0 spiro atoms. The molecule has 2 atom stereocenters. The van der Waals surface area contributed by atoms with E-state index in [9.17, 15) is 4.79 Å². The molecule has 18 heavy (non-hydrogen) atoms. The van der Waals surface area contributed by atoms with Gasteiger partial charge in [-0.2, -0.15) is 0 Å². The summed E-state index contributed by atoms with van der Waals surface area (Å²) in [7, 11) is 0. The van der Waals surface area contributed by atoms with Gasteiger partial charge in [-0.15, -0.1) is 0 Å². The Kier molecular flexibility index (Phi) is 7.28. The van der Waals surface area contributed by atoms with Crippen LogP contribution in [0.2, 0.25) is 0 Å². The fourth-order valence-electron chi connectivity index (χ4n) is 2.40. The third-order valence-electron chi connectivity index (χ3n) is 3.75. The number of carbonyl (C=O) groups excluding carboxylic acids is 1. The largest absolute Gasteiger partial charge is 0.381 e. The number of ether oxygens (including phenoxy) is 1. The quantitative estimate of drug-likeness (QED) is 0.718. The molecule has 1 saturated heterocycles. The zero-order valence-corrected chi connectivity index (χ0v) is 11.9. The fraction of sp³-hybridized carbons (Fsp3) is 0.929. The highest BCUT2D eigenvalue weighted by Gasteiger charge is 2.21. The van der Waals surface area contributed by atoms with E-state index < -0.39 is 0 Å². The van der Waals surface area contributed by atoms with Crippen molar-refractivity contribution < 1.29 is 9.53 Å². The molecule has 0 radical (unpaired) electrons. The van der Waals surface area contributed by atoms with Crippen LogP contribution in [0.1, 0.15) is 39.5 Å². The maximum Gasteiger partial charge on any atom is 0.222 e. The lowest BCUT2D eigenvalue weighted by molar-refractivity contribution is -0.132. The molecular weight excluding hydrogens is 228 g/mol. The van der Waals surface area contributed by atoms with E-state index in [-0.39, 0.29) is 5.91 Å². The van der Waals surface area contributed by atoms with Crippen molar-refractivity contribution in [3.05, 3.63) is 0 Å². The highest BCUT2D eigenvalue weighted by atomic mass is 16.5. The summed E-state index contributed by atoms with van der Waals surface area (Å²) < 4.78 is 5.36. The van der Waals surface area contributed by atoms with E-state index in [1.165, 1.54) is 0 Å². The average molecular weight is 256 g/mol. The number of rotatable bonds is 8. The summed E-state index contributed by atoms with van der Waals surface area (Å²) in [6.07, 6.45) is 3.71. The Morgan fingerprint density at radius 3 is 2.83 bits per heavy atom. The monoisotopic (exact) mass is 256 g/mol. The van der Waals surface area contributed by atoms with Crippen molar-refractivity contribution >= 4 is 5.91 Å². The predicted octanol–water partition coefficient (Wildman–Crippen LogP) is 1.64. The second kappa shape index (κ2) is 8.48. The maximum absolute atomic E-state index is 12.1. The van der Waals surface area contributed by atoms with Gasteiger partial charge in [0.1, 0.15) is 0 Å². The first-order valence-corrected chi connectivity index (χ1v) is 7.23. The topological polar surface area (TPSA) is 55.6 Å². The Labute approximate surface area is 111 Å². The smallest absolute Gasteiger partial charge is 0.222 e. The normalized spacial score (nSPS) is 20.9. The van der Waals surface area contributed by atoms with Gasteiger partial charge in [0, 0.05) is 32.0 Å². The Bertz CT molecular complexity index is 240. The van der Waals surface area contributed by atoms with Crippen LogP contribution >= 0.6 is 0 Å². The molecule has 2 N–H and O–H groups in total. The molecule has 1 aliphatic rings. The molecule has 0 bridgehead atoms. The molecule has 1 heterocycles. The Hall–Kier alpha value is -0.610. The summed E-state index contributed by atoms with van der Waals surface area (Å²) in [4.78, 5) is 14.1. The van der Waals surface area contributed by atoms with E-state index in [1.807, 2.05) is 4.90 Å². The molecule has 0 aliphatic carbocycles. The molecule has 1 rings (SSSR count). The Morgan fingerprint density at radius 2 is 2.28 bits per heavy atom. The van der Waals surface area contributed by atoms with Crippen LogP contribution in [-0.4, -0.2) is 43.7 Å². The van der Waals surface area contributed by atoms with E-state index in [0.29, 0.717) is 24.8 Å². The fourth-order valence-corrected chi connectivity index (χ4v) is 2.40. The lowest BCUT2D eigenvalue weighted by Crippen LogP contribution is -2.35. The van der Waals surface area contributed by atoms with E-state index in [4.69, 9.17) is 10.5 Å². The minimum atomic E-state index is 0.285. The Morgan fingerprint density at radius 1 is 1.50 bits per heavy atom. The number of hydrogen-bond acceptors (Lipinski definition) is 3. The molecule has 2 unspecified atom stereocenters. The van der Waals surface area contributed by atoms with Crippen molar-refractivity contribution in [3.8, 4) is 0 Å². The standard InChI is InChI=1S/C14H28N2O2/c1-3-16(10-13-7-9-18-11-13)14(17)5-4-12(2)6-8-15/h12-13H,3-11,15H2,1-2H3. The van der Waals surface area contributed by atoms with Gasteiger partial charge in [0.15, 0.2) is 0 Å². The van der Waals surface area contributed by atoms with Crippen molar-refractivity contribution in [1.82, 2.24) is 4.90 Å². The van der Waals surface area contributed by atoms with Crippen molar-refractivity contribution in [2.24, 2.45) is 17.6 Å². The molecule has 106 valence electrons. The minimum absolute atomic E-state index is 0.285. The van der Waals surface area contributed by atoms with Crippen LogP contribution in [0, 0.1) is 11.8 Å². The molecule has 0 aromatic carbocycles. The van der Waals surface area contributed by atoms with E-state index in [2.05, 4.69) is 13.8 Å². The molecule has 0 aromatic rings. The average Bonchev–Trinajstić information content (AvgIpc) is 2.86. The highest BCUT2D eigenvalue weighted by molar-refractivity contribution is 5.76. The number of carbonyl (C=O) groups is 1. The summed E-state index contributed by atoms with van der Waals surface area (Å²) in [6.45, 7) is 8.27. The Balaban J connectivity index is 2.27. The van der Waals surface area contributed by atoms with Gasteiger partial charge in [-0.1, -0.05) is 6.92 Å². The summed E-state index contributed by atoms with van der Waals surface area (Å²) in [5.74, 6) is 1.37. The number of nitrogens with two attached hydrogens (primary N) is 1. The summed E-state index contributed by atoms with van der Waals surface area (Å²) >= 11 is 0. The molecular formula is C14H28N2O2. The molecule has 0 saturated carbocycles. The van der Waals surface area contributed by atoms with Crippen LogP contribution < -0.4 is 5.73 Å². The second-order valence-corrected chi connectivity index (χ2v) is 5.38. The van der Waals surface area contributed by atoms with Gasteiger partial charge >= 0.3 is 0 Å². The van der Waals surface area contributed by atoms with Gasteiger partial charge in [-0.3, -0.25) is 4.79 Å². The van der Waals surface area contributed by atoms with Gasteiger partial charge in [-0.25, -0.2) is 0 Å². The van der Waals surface area contributed by atoms with Gasteiger partial charge in [0.25, 0.3) is 0 Å². The van der Waals surface area contributed by atoms with Crippen molar-refractivity contribution in [2.45, 2.75) is 39.5 Å². The van der Waals surface area contributed by atoms with Gasteiger partial charge < -0.3 is 15.4 Å². The van der Waals surface area contributed by atoms with E-state index in [0.717, 1.165) is 45.6 Å². The molecule has 1 fully saturated rings. The zero-order valence-electron chi connectivity index (χ0n) is 11.9. The maximum atomic E-state index is 12.1. The van der Waals surface area contributed by atoms with Crippen molar-refractivity contribution in [1.29, 1.82) is 0 Å². The van der Waals surface area contributed by atoms with Crippen LogP contribution in [0.15, 0.2) is 0 Å². The third-order valence-corrected chi connectivity index (χ3v) is 3.75. The summed E-state index contributed by atoms with van der Waals surface area (Å²) in [6, 6.07) is 0. The molecule has 1 aliphatic heterocycles. The highest BCUT2D eigenvalue weighted by Crippen LogP contribution is 2.16. The molecule has 4 heteroatoms. The predicted molar refractivity (Wildman–Crippen MR) is 73.2 cm³/mol. The number of amides is 1.